The molecule has 2 aliphatic rings. The summed E-state index contributed by atoms with van der Waals surface area (Å²) in [5.74, 6) is 0. The molecule has 2 fully saturated rings. The van der Waals surface area contributed by atoms with Crippen molar-refractivity contribution in [2.75, 3.05) is 39.8 Å². The van der Waals surface area contributed by atoms with Crippen LogP contribution in [0, 0.1) is 0 Å². The first-order valence-corrected chi connectivity index (χ1v) is 5.41. The second kappa shape index (κ2) is 3.95. The Morgan fingerprint density at radius 1 is 1.23 bits per heavy atom. The molecule has 2 aliphatic heterocycles. The van der Waals surface area contributed by atoms with E-state index in [2.05, 4.69) is 29.1 Å². The summed E-state index contributed by atoms with van der Waals surface area (Å²) in [6, 6.07) is 1.51. The van der Waals surface area contributed by atoms with E-state index in [1.165, 1.54) is 39.1 Å². The highest BCUT2D eigenvalue weighted by Gasteiger charge is 2.27. The summed E-state index contributed by atoms with van der Waals surface area (Å²) < 4.78 is 0. The van der Waals surface area contributed by atoms with Crippen LogP contribution in [-0.2, 0) is 0 Å². The average molecular weight is 183 g/mol. The first kappa shape index (κ1) is 9.44. The molecule has 3 heteroatoms. The van der Waals surface area contributed by atoms with Crippen LogP contribution in [0.3, 0.4) is 0 Å². The zero-order valence-electron chi connectivity index (χ0n) is 8.79. The summed E-state index contributed by atoms with van der Waals surface area (Å²) in [6.45, 7) is 8.48. The van der Waals surface area contributed by atoms with E-state index in [-0.39, 0.29) is 0 Å². The van der Waals surface area contributed by atoms with Gasteiger partial charge in [-0.2, -0.15) is 0 Å². The molecule has 3 nitrogen and oxygen atoms in total. The Hall–Kier alpha value is -0.120. The lowest BCUT2D eigenvalue weighted by Gasteiger charge is -2.36. The molecule has 0 aromatic carbocycles. The third kappa shape index (κ3) is 2.22. The van der Waals surface area contributed by atoms with E-state index >= 15 is 0 Å². The maximum absolute atomic E-state index is 3.49. The fourth-order valence-corrected chi connectivity index (χ4v) is 2.50. The van der Waals surface area contributed by atoms with Gasteiger partial charge in [0.15, 0.2) is 0 Å². The number of likely N-dealkylation sites (tertiary alicyclic amines) is 1. The zero-order chi connectivity index (χ0) is 9.26. The number of likely N-dealkylation sites (N-methyl/N-ethyl adjacent to an activating group) is 1. The van der Waals surface area contributed by atoms with E-state index in [0.29, 0.717) is 6.04 Å². The van der Waals surface area contributed by atoms with Crippen molar-refractivity contribution in [2.45, 2.75) is 25.4 Å². The number of hydrogen-bond acceptors (Lipinski definition) is 3. The number of piperazine rings is 1. The topological polar surface area (TPSA) is 18.5 Å². The Kier molecular flexibility index (Phi) is 2.86. The predicted octanol–water partition coefficient (Wildman–Crippen LogP) is -0.0158. The maximum atomic E-state index is 3.49. The predicted molar refractivity (Wildman–Crippen MR) is 54.9 cm³/mol. The van der Waals surface area contributed by atoms with Crippen LogP contribution in [0.2, 0.25) is 0 Å². The molecule has 0 bridgehead atoms. The van der Waals surface area contributed by atoms with Gasteiger partial charge >= 0.3 is 0 Å². The van der Waals surface area contributed by atoms with Crippen molar-refractivity contribution in [1.29, 1.82) is 0 Å². The van der Waals surface area contributed by atoms with Crippen molar-refractivity contribution >= 4 is 0 Å². The SMILES string of the molecule is CC1CN(C2CCN(C)C2)CCN1. The number of rotatable bonds is 1. The minimum Gasteiger partial charge on any atom is -0.312 e. The van der Waals surface area contributed by atoms with Gasteiger partial charge in [0.25, 0.3) is 0 Å². The van der Waals surface area contributed by atoms with Gasteiger partial charge < -0.3 is 10.2 Å². The molecule has 2 unspecified atom stereocenters. The lowest BCUT2D eigenvalue weighted by molar-refractivity contribution is 0.151. The van der Waals surface area contributed by atoms with Gasteiger partial charge in [-0.3, -0.25) is 4.90 Å². The summed E-state index contributed by atoms with van der Waals surface area (Å²) >= 11 is 0. The van der Waals surface area contributed by atoms with Gasteiger partial charge in [-0.05, 0) is 26.9 Å². The molecular weight excluding hydrogens is 162 g/mol. The molecule has 76 valence electrons. The molecule has 2 rings (SSSR count). The van der Waals surface area contributed by atoms with Crippen LogP contribution in [-0.4, -0.2) is 61.7 Å². The van der Waals surface area contributed by atoms with Crippen LogP contribution < -0.4 is 5.32 Å². The van der Waals surface area contributed by atoms with Crippen LogP contribution in [0.15, 0.2) is 0 Å². The second-order valence-electron chi connectivity index (χ2n) is 4.55. The second-order valence-corrected chi connectivity index (χ2v) is 4.55. The number of nitrogens with zero attached hydrogens (tertiary/aromatic N) is 2. The highest BCUT2D eigenvalue weighted by Crippen LogP contribution is 2.15. The molecule has 2 heterocycles. The van der Waals surface area contributed by atoms with Crippen molar-refractivity contribution in [3.8, 4) is 0 Å². The van der Waals surface area contributed by atoms with Crippen molar-refractivity contribution in [2.24, 2.45) is 0 Å². The largest absolute Gasteiger partial charge is 0.312 e. The van der Waals surface area contributed by atoms with Gasteiger partial charge in [-0.25, -0.2) is 0 Å². The van der Waals surface area contributed by atoms with E-state index < -0.39 is 0 Å². The van der Waals surface area contributed by atoms with Crippen LogP contribution >= 0.6 is 0 Å². The smallest absolute Gasteiger partial charge is 0.0236 e. The maximum Gasteiger partial charge on any atom is 0.0236 e. The van der Waals surface area contributed by atoms with Crippen molar-refractivity contribution in [3.63, 3.8) is 0 Å². The average Bonchev–Trinajstić information content (AvgIpc) is 2.52. The van der Waals surface area contributed by atoms with Crippen molar-refractivity contribution in [1.82, 2.24) is 15.1 Å². The Morgan fingerprint density at radius 3 is 2.69 bits per heavy atom. The Morgan fingerprint density at radius 2 is 2.08 bits per heavy atom. The van der Waals surface area contributed by atoms with E-state index in [1.54, 1.807) is 0 Å². The molecule has 0 saturated carbocycles. The number of nitrogens with one attached hydrogen (secondary N) is 1. The van der Waals surface area contributed by atoms with Gasteiger partial charge in [0.05, 0.1) is 0 Å². The van der Waals surface area contributed by atoms with Gasteiger partial charge in [-0.1, -0.05) is 0 Å². The molecule has 1 N–H and O–H groups in total. The molecule has 2 saturated heterocycles. The molecule has 13 heavy (non-hydrogen) atoms. The minimum atomic E-state index is 0.680. The third-order valence-electron chi connectivity index (χ3n) is 3.28. The first-order chi connectivity index (χ1) is 6.25. The van der Waals surface area contributed by atoms with Crippen LogP contribution in [0.25, 0.3) is 0 Å². The first-order valence-electron chi connectivity index (χ1n) is 5.41. The normalized spacial score (nSPS) is 38.3. The molecule has 0 radical (unpaired) electrons. The van der Waals surface area contributed by atoms with Crippen LogP contribution in [0.5, 0.6) is 0 Å². The lowest BCUT2D eigenvalue weighted by Crippen LogP contribution is -2.53. The molecule has 0 aromatic rings. The van der Waals surface area contributed by atoms with Gasteiger partial charge in [0, 0.05) is 38.3 Å². The molecule has 2 atom stereocenters. The van der Waals surface area contributed by atoms with E-state index in [9.17, 15) is 0 Å². The summed E-state index contributed by atoms with van der Waals surface area (Å²) in [5.41, 5.74) is 0. The molecule has 0 aromatic heterocycles. The molecule has 0 aliphatic carbocycles. The molecular formula is C10H21N3. The third-order valence-corrected chi connectivity index (χ3v) is 3.28. The molecule has 0 spiro atoms. The van der Waals surface area contributed by atoms with E-state index in [1.807, 2.05) is 0 Å². The summed E-state index contributed by atoms with van der Waals surface area (Å²) in [5, 5.41) is 3.49. The quantitative estimate of drug-likeness (QED) is 0.616. The Balaban J connectivity index is 1.85. The molecule has 0 amide bonds. The fraction of sp³-hybridized carbons (Fsp3) is 1.00. The minimum absolute atomic E-state index is 0.680. The Bertz CT molecular complexity index is 172. The van der Waals surface area contributed by atoms with Gasteiger partial charge in [0.2, 0.25) is 0 Å². The highest BCUT2D eigenvalue weighted by atomic mass is 15.3. The van der Waals surface area contributed by atoms with Crippen molar-refractivity contribution in [3.05, 3.63) is 0 Å². The summed E-state index contributed by atoms with van der Waals surface area (Å²) in [4.78, 5) is 5.10. The van der Waals surface area contributed by atoms with Gasteiger partial charge in [-0.15, -0.1) is 0 Å². The standard InChI is InChI=1S/C10H21N3/c1-9-7-13(6-4-11-9)10-3-5-12(2)8-10/h9-11H,3-8H2,1-2H3. The fourth-order valence-electron chi connectivity index (χ4n) is 2.50. The van der Waals surface area contributed by atoms with Gasteiger partial charge in [0.1, 0.15) is 0 Å². The van der Waals surface area contributed by atoms with E-state index in [0.717, 1.165) is 6.04 Å². The van der Waals surface area contributed by atoms with E-state index in [4.69, 9.17) is 0 Å². The lowest BCUT2D eigenvalue weighted by atomic mass is 10.1. The highest BCUT2D eigenvalue weighted by molar-refractivity contribution is 4.86. The summed E-state index contributed by atoms with van der Waals surface area (Å²) in [6.07, 6.45) is 1.36. The van der Waals surface area contributed by atoms with Crippen molar-refractivity contribution < 1.29 is 0 Å². The zero-order valence-corrected chi connectivity index (χ0v) is 8.79. The van der Waals surface area contributed by atoms with Crippen LogP contribution in [0.4, 0.5) is 0 Å². The monoisotopic (exact) mass is 183 g/mol. The van der Waals surface area contributed by atoms with Crippen LogP contribution in [0.1, 0.15) is 13.3 Å². The Labute approximate surface area is 81.1 Å². The summed E-state index contributed by atoms with van der Waals surface area (Å²) in [7, 11) is 2.23. The number of hydrogen-bond donors (Lipinski definition) is 1.